The molecule has 1 atom stereocenters. The second-order valence-electron chi connectivity index (χ2n) is 7.73. The van der Waals surface area contributed by atoms with Gasteiger partial charge in [0.05, 0.1) is 0 Å². The third-order valence-corrected chi connectivity index (χ3v) is 5.34. The van der Waals surface area contributed by atoms with Crippen LogP contribution >= 0.6 is 0 Å². The molecule has 1 saturated heterocycles. The Hall–Kier alpha value is -1.78. The molecular formula is C19H30N2O3. The molecule has 1 N–H and O–H groups in total. The first-order valence-electron chi connectivity index (χ1n) is 8.89. The summed E-state index contributed by atoms with van der Waals surface area (Å²) in [6.07, 6.45) is 6.90. The van der Waals surface area contributed by atoms with Crippen LogP contribution in [-0.4, -0.2) is 52.6 Å². The molecule has 0 bridgehead atoms. The van der Waals surface area contributed by atoms with Crippen molar-refractivity contribution in [3.63, 3.8) is 0 Å². The fourth-order valence-electron chi connectivity index (χ4n) is 3.92. The maximum atomic E-state index is 12.6. The SMILES string of the molecule is CC1=C(C=CC(=O)N2CCCN(C(=O)O)C(C)C2)C(C)(C)CCC1. The van der Waals surface area contributed by atoms with E-state index in [0.29, 0.717) is 26.1 Å². The average Bonchev–Trinajstić information content (AvgIpc) is 2.67. The van der Waals surface area contributed by atoms with Gasteiger partial charge < -0.3 is 14.9 Å². The largest absolute Gasteiger partial charge is 0.465 e. The van der Waals surface area contributed by atoms with Crippen LogP contribution < -0.4 is 0 Å². The molecule has 5 heteroatoms. The molecular weight excluding hydrogens is 304 g/mol. The number of rotatable bonds is 2. The lowest BCUT2D eigenvalue weighted by Gasteiger charge is -2.33. The van der Waals surface area contributed by atoms with Gasteiger partial charge in [-0.3, -0.25) is 4.79 Å². The molecule has 5 nitrogen and oxygen atoms in total. The molecule has 0 aromatic heterocycles. The van der Waals surface area contributed by atoms with E-state index >= 15 is 0 Å². The van der Waals surface area contributed by atoms with Gasteiger partial charge in [-0.05, 0) is 50.5 Å². The van der Waals surface area contributed by atoms with Gasteiger partial charge >= 0.3 is 6.09 Å². The van der Waals surface area contributed by atoms with Crippen molar-refractivity contribution in [2.75, 3.05) is 19.6 Å². The van der Waals surface area contributed by atoms with Crippen LogP contribution in [0.5, 0.6) is 0 Å². The second-order valence-corrected chi connectivity index (χ2v) is 7.73. The zero-order chi connectivity index (χ0) is 17.9. The van der Waals surface area contributed by atoms with Crippen molar-refractivity contribution in [1.29, 1.82) is 0 Å². The Morgan fingerprint density at radius 2 is 1.96 bits per heavy atom. The molecule has 0 aromatic rings. The summed E-state index contributed by atoms with van der Waals surface area (Å²) in [5.74, 6) is -0.0178. The lowest BCUT2D eigenvalue weighted by molar-refractivity contribution is -0.126. The Morgan fingerprint density at radius 3 is 2.58 bits per heavy atom. The van der Waals surface area contributed by atoms with E-state index in [1.165, 1.54) is 22.5 Å². The summed E-state index contributed by atoms with van der Waals surface area (Å²) in [6.45, 7) is 10.0. The third kappa shape index (κ3) is 4.19. The Kier molecular flexibility index (Phi) is 5.73. The first-order valence-corrected chi connectivity index (χ1v) is 8.89. The van der Waals surface area contributed by atoms with E-state index in [-0.39, 0.29) is 17.4 Å². The Labute approximate surface area is 145 Å². The van der Waals surface area contributed by atoms with Crippen LogP contribution in [0, 0.1) is 5.41 Å². The number of hydrogen-bond acceptors (Lipinski definition) is 2. The number of carbonyl (C=O) groups excluding carboxylic acids is 1. The van der Waals surface area contributed by atoms with E-state index in [9.17, 15) is 14.7 Å². The molecule has 1 aliphatic carbocycles. The number of nitrogens with zero attached hydrogens (tertiary/aromatic N) is 2. The molecule has 1 heterocycles. The normalized spacial score (nSPS) is 25.1. The van der Waals surface area contributed by atoms with Crippen LogP contribution in [0.4, 0.5) is 4.79 Å². The molecule has 2 aliphatic rings. The molecule has 0 saturated carbocycles. The highest BCUT2D eigenvalue weighted by Gasteiger charge is 2.28. The van der Waals surface area contributed by atoms with E-state index in [1.54, 1.807) is 11.0 Å². The van der Waals surface area contributed by atoms with Crippen LogP contribution in [0.25, 0.3) is 0 Å². The van der Waals surface area contributed by atoms with E-state index < -0.39 is 6.09 Å². The highest BCUT2D eigenvalue weighted by atomic mass is 16.4. The first-order chi connectivity index (χ1) is 11.2. The van der Waals surface area contributed by atoms with Crippen molar-refractivity contribution in [2.24, 2.45) is 5.41 Å². The van der Waals surface area contributed by atoms with Crippen LogP contribution in [0.2, 0.25) is 0 Å². The lowest BCUT2D eigenvalue weighted by atomic mass is 9.72. The zero-order valence-corrected chi connectivity index (χ0v) is 15.3. The molecule has 2 rings (SSSR count). The second kappa shape index (κ2) is 7.41. The number of carboxylic acid groups (broad SMARTS) is 1. The Bertz CT molecular complexity index is 563. The fourth-order valence-corrected chi connectivity index (χ4v) is 3.92. The van der Waals surface area contributed by atoms with Crippen molar-refractivity contribution in [3.05, 3.63) is 23.3 Å². The minimum Gasteiger partial charge on any atom is -0.465 e. The summed E-state index contributed by atoms with van der Waals surface area (Å²) in [6, 6.07) is -0.172. The van der Waals surface area contributed by atoms with Crippen LogP contribution in [0.3, 0.4) is 0 Å². The van der Waals surface area contributed by atoms with Gasteiger partial charge in [0.1, 0.15) is 0 Å². The van der Waals surface area contributed by atoms with E-state index in [1.807, 2.05) is 13.0 Å². The Morgan fingerprint density at radius 1 is 1.25 bits per heavy atom. The van der Waals surface area contributed by atoms with E-state index in [4.69, 9.17) is 0 Å². The minimum atomic E-state index is -0.905. The molecule has 1 aliphatic heterocycles. The molecule has 0 spiro atoms. The van der Waals surface area contributed by atoms with Gasteiger partial charge in [-0.1, -0.05) is 25.5 Å². The van der Waals surface area contributed by atoms with Crippen molar-refractivity contribution in [3.8, 4) is 0 Å². The maximum Gasteiger partial charge on any atom is 0.407 e. The van der Waals surface area contributed by atoms with Crippen LogP contribution in [-0.2, 0) is 4.79 Å². The highest BCUT2D eigenvalue weighted by molar-refractivity contribution is 5.88. The van der Waals surface area contributed by atoms with E-state index in [0.717, 1.165) is 12.8 Å². The van der Waals surface area contributed by atoms with Crippen molar-refractivity contribution < 1.29 is 14.7 Å². The summed E-state index contributed by atoms with van der Waals surface area (Å²) in [4.78, 5) is 27.0. The number of amides is 2. The number of hydrogen-bond donors (Lipinski definition) is 1. The topological polar surface area (TPSA) is 60.9 Å². The quantitative estimate of drug-likeness (QED) is 0.784. The third-order valence-electron chi connectivity index (χ3n) is 5.34. The van der Waals surface area contributed by atoms with Gasteiger partial charge in [0, 0.05) is 31.8 Å². The summed E-state index contributed by atoms with van der Waals surface area (Å²) in [5.41, 5.74) is 2.76. The predicted molar refractivity (Wildman–Crippen MR) is 94.9 cm³/mol. The lowest BCUT2D eigenvalue weighted by Crippen LogP contribution is -2.43. The summed E-state index contributed by atoms with van der Waals surface area (Å²) in [7, 11) is 0. The van der Waals surface area contributed by atoms with Crippen LogP contribution in [0.15, 0.2) is 23.3 Å². The van der Waals surface area contributed by atoms with Gasteiger partial charge in [0.25, 0.3) is 0 Å². The van der Waals surface area contributed by atoms with Gasteiger partial charge in [0.15, 0.2) is 0 Å². The number of carbonyl (C=O) groups is 2. The Balaban J connectivity index is 2.08. The standard InChI is InChI=1S/C19H30N2O3/c1-14-7-5-10-19(3,4)16(14)8-9-17(22)20-11-6-12-21(18(23)24)15(2)13-20/h8-9,15H,5-7,10-13H2,1-4H3,(H,23,24). The molecule has 0 aromatic carbocycles. The van der Waals surface area contributed by atoms with Crippen molar-refractivity contribution in [2.45, 2.75) is 59.4 Å². The smallest absolute Gasteiger partial charge is 0.407 e. The van der Waals surface area contributed by atoms with Crippen molar-refractivity contribution in [1.82, 2.24) is 9.80 Å². The van der Waals surface area contributed by atoms with E-state index in [2.05, 4.69) is 20.8 Å². The monoisotopic (exact) mass is 334 g/mol. The van der Waals surface area contributed by atoms with Gasteiger partial charge in [-0.25, -0.2) is 4.79 Å². The number of allylic oxidation sites excluding steroid dienone is 3. The fraction of sp³-hybridized carbons (Fsp3) is 0.684. The van der Waals surface area contributed by atoms with Gasteiger partial charge in [0.2, 0.25) is 5.91 Å². The predicted octanol–water partition coefficient (Wildman–Crippen LogP) is 3.67. The molecule has 24 heavy (non-hydrogen) atoms. The first kappa shape index (κ1) is 18.6. The summed E-state index contributed by atoms with van der Waals surface area (Å²) >= 11 is 0. The zero-order valence-electron chi connectivity index (χ0n) is 15.3. The summed E-state index contributed by atoms with van der Waals surface area (Å²) < 4.78 is 0. The highest BCUT2D eigenvalue weighted by Crippen LogP contribution is 2.40. The molecule has 0 radical (unpaired) electrons. The molecule has 1 fully saturated rings. The minimum absolute atomic E-state index is 0.0178. The maximum absolute atomic E-state index is 12.6. The van der Waals surface area contributed by atoms with Gasteiger partial charge in [-0.15, -0.1) is 0 Å². The van der Waals surface area contributed by atoms with Crippen LogP contribution in [0.1, 0.15) is 53.4 Å². The average molecular weight is 334 g/mol. The van der Waals surface area contributed by atoms with Crippen molar-refractivity contribution >= 4 is 12.0 Å². The molecule has 1 unspecified atom stereocenters. The molecule has 2 amide bonds. The summed E-state index contributed by atoms with van der Waals surface area (Å²) in [5, 5.41) is 9.22. The molecule has 134 valence electrons. The van der Waals surface area contributed by atoms with Gasteiger partial charge in [-0.2, -0.15) is 0 Å².